The van der Waals surface area contributed by atoms with E-state index >= 15 is 0 Å². The third-order valence-corrected chi connectivity index (χ3v) is 3.79. The lowest BCUT2D eigenvalue weighted by molar-refractivity contribution is 0.0953. The molecule has 0 saturated carbocycles. The first-order valence-electron chi connectivity index (χ1n) is 8.56. The average Bonchev–Trinajstić information content (AvgIpc) is 2.62. The van der Waals surface area contributed by atoms with E-state index in [1.54, 1.807) is 19.5 Å². The summed E-state index contributed by atoms with van der Waals surface area (Å²) in [5.41, 5.74) is 1.51. The van der Waals surface area contributed by atoms with Crippen molar-refractivity contribution in [2.75, 3.05) is 25.5 Å². The minimum atomic E-state index is -0.177. The van der Waals surface area contributed by atoms with Crippen molar-refractivity contribution in [1.29, 1.82) is 0 Å². The molecule has 2 aromatic rings. The van der Waals surface area contributed by atoms with Gasteiger partial charge in [-0.3, -0.25) is 4.79 Å². The molecule has 6 heteroatoms. The number of carbonyl (C=O) groups is 1. The van der Waals surface area contributed by atoms with Crippen LogP contribution in [0.25, 0.3) is 0 Å². The number of benzene rings is 1. The van der Waals surface area contributed by atoms with E-state index in [1.807, 2.05) is 24.3 Å². The number of methoxy groups -OCH3 is 1. The Labute approximate surface area is 149 Å². The third-order valence-electron chi connectivity index (χ3n) is 3.79. The van der Waals surface area contributed by atoms with Crippen LogP contribution in [0.5, 0.6) is 5.75 Å². The first-order chi connectivity index (χ1) is 12.1. The molecule has 2 N–H and O–H groups in total. The number of nitrogens with one attached hydrogen (secondary N) is 2. The van der Waals surface area contributed by atoms with Gasteiger partial charge in [-0.1, -0.05) is 32.0 Å². The summed E-state index contributed by atoms with van der Waals surface area (Å²) in [4.78, 5) is 20.5. The molecular weight excluding hydrogens is 316 g/mol. The Kier molecular flexibility index (Phi) is 7.19. The molecule has 0 fully saturated rings. The van der Waals surface area contributed by atoms with Crippen LogP contribution < -0.4 is 15.4 Å². The predicted molar refractivity (Wildman–Crippen MR) is 99.0 cm³/mol. The van der Waals surface area contributed by atoms with E-state index in [4.69, 9.17) is 4.74 Å². The maximum absolute atomic E-state index is 12.2. The van der Waals surface area contributed by atoms with Gasteiger partial charge in [0.15, 0.2) is 0 Å². The van der Waals surface area contributed by atoms with Gasteiger partial charge in [0.1, 0.15) is 5.75 Å². The highest BCUT2D eigenvalue weighted by molar-refractivity contribution is 5.93. The molecule has 0 radical (unpaired) electrons. The van der Waals surface area contributed by atoms with E-state index in [2.05, 4.69) is 34.4 Å². The van der Waals surface area contributed by atoms with Crippen LogP contribution in [0, 0.1) is 5.92 Å². The molecule has 134 valence electrons. The minimum absolute atomic E-state index is 0.177. The number of ether oxygens (including phenoxy) is 1. The summed E-state index contributed by atoms with van der Waals surface area (Å²) >= 11 is 0. The van der Waals surface area contributed by atoms with Crippen molar-refractivity contribution in [2.45, 2.75) is 26.7 Å². The van der Waals surface area contributed by atoms with Crippen LogP contribution in [-0.2, 0) is 6.42 Å². The summed E-state index contributed by atoms with van der Waals surface area (Å²) in [6, 6.07) is 7.79. The second-order valence-electron chi connectivity index (χ2n) is 6.22. The number of aromatic nitrogens is 2. The first kappa shape index (κ1) is 18.7. The molecule has 1 aromatic carbocycles. The van der Waals surface area contributed by atoms with Crippen molar-refractivity contribution >= 4 is 11.9 Å². The number of nitrogens with zero attached hydrogens (tertiary/aromatic N) is 2. The van der Waals surface area contributed by atoms with Crippen molar-refractivity contribution in [2.24, 2.45) is 5.92 Å². The molecule has 0 unspecified atom stereocenters. The Morgan fingerprint density at radius 1 is 1.16 bits per heavy atom. The molecular formula is C19H26N4O2. The zero-order valence-electron chi connectivity index (χ0n) is 15.1. The Balaban J connectivity index is 1.80. The van der Waals surface area contributed by atoms with Crippen LogP contribution in [0.15, 0.2) is 36.7 Å². The molecule has 1 heterocycles. The molecule has 6 nitrogen and oxygen atoms in total. The number of hydrogen-bond donors (Lipinski definition) is 2. The van der Waals surface area contributed by atoms with Gasteiger partial charge in [-0.25, -0.2) is 9.97 Å². The fourth-order valence-corrected chi connectivity index (χ4v) is 2.33. The Hall–Kier alpha value is -2.63. The number of amides is 1. The first-order valence-corrected chi connectivity index (χ1v) is 8.56. The SMILES string of the molecule is COc1ccccc1CCNC(=O)c1cnc(NCCC(C)C)nc1. The number of anilines is 1. The summed E-state index contributed by atoms with van der Waals surface area (Å²) in [6.07, 6.45) is 4.84. The van der Waals surface area contributed by atoms with Gasteiger partial charge in [-0.15, -0.1) is 0 Å². The zero-order chi connectivity index (χ0) is 18.1. The minimum Gasteiger partial charge on any atom is -0.496 e. The molecule has 0 aliphatic heterocycles. The van der Waals surface area contributed by atoms with Crippen LogP contribution >= 0.6 is 0 Å². The van der Waals surface area contributed by atoms with E-state index < -0.39 is 0 Å². The van der Waals surface area contributed by atoms with Gasteiger partial charge in [-0.05, 0) is 30.4 Å². The molecule has 2 rings (SSSR count). The van der Waals surface area contributed by atoms with Gasteiger partial charge < -0.3 is 15.4 Å². The van der Waals surface area contributed by atoms with Gasteiger partial charge >= 0.3 is 0 Å². The Morgan fingerprint density at radius 3 is 2.56 bits per heavy atom. The van der Waals surface area contributed by atoms with Crippen LogP contribution in [0.4, 0.5) is 5.95 Å². The topological polar surface area (TPSA) is 76.1 Å². The molecule has 0 spiro atoms. The van der Waals surface area contributed by atoms with Crippen molar-refractivity contribution in [3.05, 3.63) is 47.8 Å². The Morgan fingerprint density at radius 2 is 1.88 bits per heavy atom. The predicted octanol–water partition coefficient (Wildman–Crippen LogP) is 2.92. The number of carbonyl (C=O) groups excluding carboxylic acids is 1. The number of para-hydroxylation sites is 1. The summed E-state index contributed by atoms with van der Waals surface area (Å²) in [7, 11) is 1.64. The van der Waals surface area contributed by atoms with Crippen LogP contribution in [-0.4, -0.2) is 36.1 Å². The highest BCUT2D eigenvalue weighted by Gasteiger charge is 2.08. The van der Waals surface area contributed by atoms with Crippen molar-refractivity contribution < 1.29 is 9.53 Å². The standard InChI is InChI=1S/C19H26N4O2/c1-14(2)8-10-21-19-22-12-16(13-23-19)18(24)20-11-9-15-6-4-5-7-17(15)25-3/h4-7,12-14H,8-11H2,1-3H3,(H,20,24)(H,21,22,23). The molecule has 1 amide bonds. The normalized spacial score (nSPS) is 10.6. The van der Waals surface area contributed by atoms with Gasteiger partial charge in [-0.2, -0.15) is 0 Å². The van der Waals surface area contributed by atoms with Crippen LogP contribution in [0.1, 0.15) is 36.2 Å². The molecule has 0 aliphatic carbocycles. The third kappa shape index (κ3) is 6.06. The molecule has 0 atom stereocenters. The maximum atomic E-state index is 12.2. The second-order valence-corrected chi connectivity index (χ2v) is 6.22. The van der Waals surface area contributed by atoms with Crippen molar-refractivity contribution in [1.82, 2.24) is 15.3 Å². The Bertz CT molecular complexity index is 671. The highest BCUT2D eigenvalue weighted by atomic mass is 16.5. The molecule has 25 heavy (non-hydrogen) atoms. The molecule has 1 aromatic heterocycles. The summed E-state index contributed by atoms with van der Waals surface area (Å²) in [5.74, 6) is 1.83. The van der Waals surface area contributed by atoms with Crippen molar-refractivity contribution in [3.63, 3.8) is 0 Å². The molecule has 0 saturated heterocycles. The van der Waals surface area contributed by atoms with Crippen LogP contribution in [0.3, 0.4) is 0 Å². The summed E-state index contributed by atoms with van der Waals surface area (Å²) in [5, 5.41) is 6.03. The number of hydrogen-bond acceptors (Lipinski definition) is 5. The lowest BCUT2D eigenvalue weighted by Gasteiger charge is -2.09. The number of rotatable bonds is 9. The van der Waals surface area contributed by atoms with Gasteiger partial charge in [0.2, 0.25) is 5.95 Å². The quantitative estimate of drug-likeness (QED) is 0.733. The largest absolute Gasteiger partial charge is 0.496 e. The summed E-state index contributed by atoms with van der Waals surface area (Å²) in [6.45, 7) is 5.68. The monoisotopic (exact) mass is 342 g/mol. The highest BCUT2D eigenvalue weighted by Crippen LogP contribution is 2.17. The van der Waals surface area contributed by atoms with E-state index in [0.29, 0.717) is 30.4 Å². The lowest BCUT2D eigenvalue weighted by atomic mass is 10.1. The van der Waals surface area contributed by atoms with Gasteiger partial charge in [0, 0.05) is 25.5 Å². The molecule has 0 aliphatic rings. The second kappa shape index (κ2) is 9.61. The fourth-order valence-electron chi connectivity index (χ4n) is 2.33. The van der Waals surface area contributed by atoms with Crippen molar-refractivity contribution in [3.8, 4) is 5.75 Å². The maximum Gasteiger partial charge on any atom is 0.254 e. The van der Waals surface area contributed by atoms with Gasteiger partial charge in [0.05, 0.1) is 12.7 Å². The zero-order valence-corrected chi connectivity index (χ0v) is 15.1. The lowest BCUT2D eigenvalue weighted by Crippen LogP contribution is -2.26. The average molecular weight is 342 g/mol. The van der Waals surface area contributed by atoms with E-state index in [9.17, 15) is 4.79 Å². The van der Waals surface area contributed by atoms with E-state index in [0.717, 1.165) is 24.3 Å². The van der Waals surface area contributed by atoms with Crippen LogP contribution in [0.2, 0.25) is 0 Å². The van der Waals surface area contributed by atoms with Gasteiger partial charge in [0.25, 0.3) is 5.91 Å². The van der Waals surface area contributed by atoms with E-state index in [-0.39, 0.29) is 5.91 Å². The smallest absolute Gasteiger partial charge is 0.254 e. The summed E-state index contributed by atoms with van der Waals surface area (Å²) < 4.78 is 5.31. The fraction of sp³-hybridized carbons (Fsp3) is 0.421. The molecule has 0 bridgehead atoms. The van der Waals surface area contributed by atoms with E-state index in [1.165, 1.54) is 0 Å².